The van der Waals surface area contributed by atoms with Crippen molar-refractivity contribution in [2.24, 2.45) is 0 Å². The molecule has 1 aromatic heterocycles. The Morgan fingerprint density at radius 1 is 1.17 bits per heavy atom. The Kier molecular flexibility index (Phi) is 5.30. The molecule has 1 saturated heterocycles. The van der Waals surface area contributed by atoms with Crippen LogP contribution in [0.3, 0.4) is 0 Å². The van der Waals surface area contributed by atoms with Crippen molar-refractivity contribution < 1.29 is 4.79 Å². The van der Waals surface area contributed by atoms with E-state index in [0.717, 1.165) is 31.5 Å². The highest BCUT2D eigenvalue weighted by atomic mass is 35.5. The molecule has 1 aliphatic heterocycles. The Morgan fingerprint density at radius 3 is 2.62 bits per heavy atom. The van der Waals surface area contributed by atoms with E-state index < -0.39 is 0 Å². The smallest absolute Gasteiger partial charge is 0.274 e. The Labute approximate surface area is 147 Å². The third kappa shape index (κ3) is 4.03. The zero-order chi connectivity index (χ0) is 16.9. The minimum atomic E-state index is -0.256. The first-order valence-electron chi connectivity index (χ1n) is 8.29. The van der Waals surface area contributed by atoms with Crippen molar-refractivity contribution in [1.29, 1.82) is 0 Å². The SMILES string of the molecule is Cc1ccc(NC(=O)c2ccnc(N3CCCCCC3)n2)cc1Cl. The molecule has 0 unspecified atom stereocenters. The highest BCUT2D eigenvalue weighted by Gasteiger charge is 2.15. The van der Waals surface area contributed by atoms with Crippen LogP contribution < -0.4 is 10.2 Å². The van der Waals surface area contributed by atoms with Crippen molar-refractivity contribution in [3.05, 3.63) is 46.7 Å². The van der Waals surface area contributed by atoms with Gasteiger partial charge in [0, 0.05) is 30.0 Å². The van der Waals surface area contributed by atoms with Crippen molar-refractivity contribution in [1.82, 2.24) is 9.97 Å². The zero-order valence-corrected chi connectivity index (χ0v) is 14.5. The minimum absolute atomic E-state index is 0.256. The summed E-state index contributed by atoms with van der Waals surface area (Å²) in [6, 6.07) is 7.08. The number of rotatable bonds is 3. The molecule has 2 heterocycles. The van der Waals surface area contributed by atoms with E-state index in [1.165, 1.54) is 12.8 Å². The fourth-order valence-electron chi connectivity index (χ4n) is 2.76. The quantitative estimate of drug-likeness (QED) is 0.911. The number of carbonyl (C=O) groups is 1. The summed E-state index contributed by atoms with van der Waals surface area (Å²) < 4.78 is 0. The van der Waals surface area contributed by atoms with Crippen molar-refractivity contribution >= 4 is 29.1 Å². The van der Waals surface area contributed by atoms with Gasteiger partial charge >= 0.3 is 0 Å². The topological polar surface area (TPSA) is 58.1 Å². The maximum atomic E-state index is 12.5. The number of hydrogen-bond donors (Lipinski definition) is 1. The van der Waals surface area contributed by atoms with Gasteiger partial charge in [0.1, 0.15) is 5.69 Å². The molecule has 0 radical (unpaired) electrons. The van der Waals surface area contributed by atoms with Crippen LogP contribution in [0, 0.1) is 6.92 Å². The van der Waals surface area contributed by atoms with Crippen LogP contribution >= 0.6 is 11.6 Å². The van der Waals surface area contributed by atoms with E-state index in [1.807, 2.05) is 19.1 Å². The molecule has 1 N–H and O–H groups in total. The molecule has 0 aliphatic carbocycles. The number of benzene rings is 1. The lowest BCUT2D eigenvalue weighted by Crippen LogP contribution is -2.27. The van der Waals surface area contributed by atoms with Gasteiger partial charge in [-0.3, -0.25) is 4.79 Å². The van der Waals surface area contributed by atoms with Crippen LogP contribution in [0.4, 0.5) is 11.6 Å². The third-order valence-corrected chi connectivity index (χ3v) is 4.60. The maximum Gasteiger partial charge on any atom is 0.274 e. The molecule has 1 amide bonds. The Bertz CT molecular complexity index is 727. The summed E-state index contributed by atoms with van der Waals surface area (Å²) in [6.07, 6.45) is 6.41. The lowest BCUT2D eigenvalue weighted by Gasteiger charge is -2.20. The second-order valence-electron chi connectivity index (χ2n) is 6.06. The van der Waals surface area contributed by atoms with Crippen molar-refractivity contribution in [3.63, 3.8) is 0 Å². The van der Waals surface area contributed by atoms with Crippen LogP contribution in [-0.4, -0.2) is 29.0 Å². The number of nitrogens with one attached hydrogen (secondary N) is 1. The fraction of sp³-hybridized carbons (Fsp3) is 0.389. The number of aryl methyl sites for hydroxylation is 1. The molecular formula is C18H21ClN4O. The molecule has 6 heteroatoms. The summed E-state index contributed by atoms with van der Waals surface area (Å²) in [5, 5.41) is 3.46. The third-order valence-electron chi connectivity index (χ3n) is 4.19. The molecule has 0 spiro atoms. The highest BCUT2D eigenvalue weighted by molar-refractivity contribution is 6.31. The van der Waals surface area contributed by atoms with Gasteiger partial charge in [0.2, 0.25) is 5.95 Å². The average molecular weight is 345 g/mol. The molecule has 3 rings (SSSR count). The predicted octanol–water partition coefficient (Wildman–Crippen LogP) is 4.07. The summed E-state index contributed by atoms with van der Waals surface area (Å²) in [5.74, 6) is 0.375. The maximum absolute atomic E-state index is 12.5. The first-order valence-corrected chi connectivity index (χ1v) is 8.67. The van der Waals surface area contributed by atoms with Gasteiger partial charge in [-0.05, 0) is 43.5 Å². The lowest BCUT2D eigenvalue weighted by atomic mass is 10.2. The molecule has 1 fully saturated rings. The number of nitrogens with zero attached hydrogens (tertiary/aromatic N) is 3. The van der Waals surface area contributed by atoms with Crippen LogP contribution in [0.2, 0.25) is 5.02 Å². The van der Waals surface area contributed by atoms with Gasteiger partial charge in [-0.1, -0.05) is 30.5 Å². The van der Waals surface area contributed by atoms with Crippen molar-refractivity contribution in [3.8, 4) is 0 Å². The van der Waals surface area contributed by atoms with Gasteiger partial charge in [0.05, 0.1) is 0 Å². The van der Waals surface area contributed by atoms with E-state index in [-0.39, 0.29) is 5.91 Å². The number of anilines is 2. The monoisotopic (exact) mass is 344 g/mol. The summed E-state index contributed by atoms with van der Waals surface area (Å²) in [4.78, 5) is 23.4. The molecule has 5 nitrogen and oxygen atoms in total. The molecule has 1 aliphatic rings. The summed E-state index contributed by atoms with van der Waals surface area (Å²) in [7, 11) is 0. The standard InChI is InChI=1S/C18H21ClN4O/c1-13-6-7-14(12-15(13)19)21-17(24)16-8-9-20-18(22-16)23-10-4-2-3-5-11-23/h6-9,12H,2-5,10-11H2,1H3,(H,21,24). The second kappa shape index (κ2) is 7.62. The van der Waals surface area contributed by atoms with Crippen LogP contribution in [-0.2, 0) is 0 Å². The first-order chi connectivity index (χ1) is 11.6. The van der Waals surface area contributed by atoms with E-state index in [2.05, 4.69) is 20.2 Å². The Morgan fingerprint density at radius 2 is 1.92 bits per heavy atom. The van der Waals surface area contributed by atoms with Crippen molar-refractivity contribution in [2.45, 2.75) is 32.6 Å². The van der Waals surface area contributed by atoms with Gasteiger partial charge in [-0.15, -0.1) is 0 Å². The van der Waals surface area contributed by atoms with Crippen molar-refractivity contribution in [2.75, 3.05) is 23.3 Å². The number of amides is 1. The van der Waals surface area contributed by atoms with Crippen LogP contribution in [0.5, 0.6) is 0 Å². The van der Waals surface area contributed by atoms with Crippen LogP contribution in [0.1, 0.15) is 41.7 Å². The Balaban J connectivity index is 1.74. The normalized spacial score (nSPS) is 15.0. The second-order valence-corrected chi connectivity index (χ2v) is 6.47. The van der Waals surface area contributed by atoms with Gasteiger partial charge < -0.3 is 10.2 Å². The van der Waals surface area contributed by atoms with E-state index in [4.69, 9.17) is 11.6 Å². The molecule has 126 valence electrons. The molecule has 0 bridgehead atoms. The van der Waals surface area contributed by atoms with E-state index in [9.17, 15) is 4.79 Å². The molecule has 0 saturated carbocycles. The summed E-state index contributed by atoms with van der Waals surface area (Å²) in [6.45, 7) is 3.81. The van der Waals surface area contributed by atoms with E-state index in [0.29, 0.717) is 22.4 Å². The minimum Gasteiger partial charge on any atom is -0.341 e. The van der Waals surface area contributed by atoms with Crippen LogP contribution in [0.25, 0.3) is 0 Å². The molecule has 1 aromatic carbocycles. The number of aromatic nitrogens is 2. The van der Waals surface area contributed by atoms with E-state index >= 15 is 0 Å². The predicted molar refractivity (Wildman–Crippen MR) is 96.9 cm³/mol. The van der Waals surface area contributed by atoms with E-state index in [1.54, 1.807) is 18.3 Å². The Hall–Kier alpha value is -2.14. The zero-order valence-electron chi connectivity index (χ0n) is 13.8. The number of carbonyl (C=O) groups excluding carboxylic acids is 1. The molecule has 0 atom stereocenters. The number of hydrogen-bond acceptors (Lipinski definition) is 4. The first kappa shape index (κ1) is 16.7. The van der Waals surface area contributed by atoms with Gasteiger partial charge in [-0.2, -0.15) is 0 Å². The summed E-state index contributed by atoms with van der Waals surface area (Å²) >= 11 is 6.10. The summed E-state index contributed by atoms with van der Waals surface area (Å²) in [5.41, 5.74) is 1.99. The van der Waals surface area contributed by atoms with Gasteiger partial charge in [0.25, 0.3) is 5.91 Å². The fourth-order valence-corrected chi connectivity index (χ4v) is 2.94. The lowest BCUT2D eigenvalue weighted by molar-refractivity contribution is 0.102. The molecular weight excluding hydrogens is 324 g/mol. The average Bonchev–Trinajstić information content (AvgIpc) is 2.88. The number of halogens is 1. The van der Waals surface area contributed by atoms with Gasteiger partial charge in [-0.25, -0.2) is 9.97 Å². The highest BCUT2D eigenvalue weighted by Crippen LogP contribution is 2.21. The van der Waals surface area contributed by atoms with Gasteiger partial charge in [0.15, 0.2) is 0 Å². The largest absolute Gasteiger partial charge is 0.341 e. The van der Waals surface area contributed by atoms with Crippen LogP contribution in [0.15, 0.2) is 30.5 Å². The molecule has 2 aromatic rings. The molecule has 24 heavy (non-hydrogen) atoms.